The van der Waals surface area contributed by atoms with Crippen LogP contribution in [0.25, 0.3) is 0 Å². The van der Waals surface area contributed by atoms with Crippen LogP contribution in [0, 0.1) is 5.92 Å². The minimum atomic E-state index is 0.690. The highest BCUT2D eigenvalue weighted by atomic mass is 32.2. The van der Waals surface area contributed by atoms with Crippen molar-refractivity contribution in [2.24, 2.45) is 5.92 Å². The lowest BCUT2D eigenvalue weighted by molar-refractivity contribution is 0.830. The third-order valence-corrected chi connectivity index (χ3v) is 1.90. The third kappa shape index (κ3) is 8.05. The molecule has 0 bridgehead atoms. The first-order valence-electron chi connectivity index (χ1n) is 3.66. The van der Waals surface area contributed by atoms with Crippen LogP contribution in [0.5, 0.6) is 0 Å². The molecule has 0 aliphatic rings. The third-order valence-electron chi connectivity index (χ3n) is 0.981. The number of thioether (sulfide) groups is 1. The van der Waals surface area contributed by atoms with Crippen molar-refractivity contribution in [3.63, 3.8) is 0 Å². The molecule has 0 heterocycles. The highest BCUT2D eigenvalue weighted by Crippen LogP contribution is 1.99. The molecule has 2 heteroatoms. The molecule has 0 aliphatic heterocycles. The minimum absolute atomic E-state index is 0.690. The number of hydrogen-bond donors (Lipinski definition) is 1. The fourth-order valence-electron chi connectivity index (χ4n) is 0.557. The van der Waals surface area contributed by atoms with E-state index in [4.69, 9.17) is 0 Å². The van der Waals surface area contributed by atoms with Gasteiger partial charge in [0.05, 0.1) is 0 Å². The molecule has 0 aromatic rings. The Morgan fingerprint density at radius 2 is 2.20 bits per heavy atom. The van der Waals surface area contributed by atoms with Crippen LogP contribution >= 0.6 is 11.8 Å². The predicted molar refractivity (Wildman–Crippen MR) is 50.4 cm³/mol. The first kappa shape index (κ1) is 10.0. The van der Waals surface area contributed by atoms with E-state index in [1.165, 1.54) is 0 Å². The maximum Gasteiger partial charge on any atom is 0.0418 e. The van der Waals surface area contributed by atoms with Crippen LogP contribution in [0.3, 0.4) is 0 Å². The van der Waals surface area contributed by atoms with Crippen LogP contribution in [-0.2, 0) is 0 Å². The van der Waals surface area contributed by atoms with Crippen LogP contribution in [0.1, 0.15) is 13.8 Å². The molecule has 1 N–H and O–H groups in total. The average molecular weight is 159 g/mol. The summed E-state index contributed by atoms with van der Waals surface area (Å²) in [6.07, 6.45) is 4.47. The van der Waals surface area contributed by atoms with E-state index in [0.29, 0.717) is 5.92 Å². The molecule has 1 nitrogen and oxygen atoms in total. The van der Waals surface area contributed by atoms with Crippen LogP contribution in [-0.4, -0.2) is 18.7 Å². The van der Waals surface area contributed by atoms with E-state index >= 15 is 0 Å². The molecule has 0 atom stereocenters. The second-order valence-corrected chi connectivity index (χ2v) is 3.57. The first-order chi connectivity index (χ1) is 4.77. The van der Waals surface area contributed by atoms with E-state index in [0.717, 1.165) is 11.6 Å². The summed E-state index contributed by atoms with van der Waals surface area (Å²) >= 11 is 1.90. The van der Waals surface area contributed by atoms with Crippen molar-refractivity contribution in [1.82, 2.24) is 5.32 Å². The Morgan fingerprint density at radius 3 is 2.70 bits per heavy atom. The van der Waals surface area contributed by atoms with Gasteiger partial charge < -0.3 is 5.32 Å². The van der Waals surface area contributed by atoms with Gasteiger partial charge in [-0.1, -0.05) is 26.0 Å². The molecule has 0 aromatic carbocycles. The molecule has 0 amide bonds. The van der Waals surface area contributed by atoms with Gasteiger partial charge in [-0.15, -0.1) is 11.8 Å². The summed E-state index contributed by atoms with van der Waals surface area (Å²) in [5.41, 5.74) is 0. The van der Waals surface area contributed by atoms with Crippen molar-refractivity contribution in [3.8, 4) is 0 Å². The van der Waals surface area contributed by atoms with Gasteiger partial charge in [-0.2, -0.15) is 0 Å². The van der Waals surface area contributed by atoms with Crippen molar-refractivity contribution in [2.75, 3.05) is 18.7 Å². The summed E-state index contributed by atoms with van der Waals surface area (Å²) < 4.78 is 0. The Balaban J connectivity index is 3.02. The molecule has 0 fully saturated rings. The summed E-state index contributed by atoms with van der Waals surface area (Å²) in [6.45, 7) is 4.39. The van der Waals surface area contributed by atoms with Gasteiger partial charge in [-0.25, -0.2) is 0 Å². The summed E-state index contributed by atoms with van der Waals surface area (Å²) in [5, 5.41) is 3.08. The quantitative estimate of drug-likeness (QED) is 0.374. The lowest BCUT2D eigenvalue weighted by atomic mass is 10.2. The fraction of sp³-hybridized carbons (Fsp3) is 0.750. The number of rotatable bonds is 5. The second-order valence-electron chi connectivity index (χ2n) is 2.54. The Kier molecular flexibility index (Phi) is 7.20. The molecular weight excluding hydrogens is 142 g/mol. The minimum Gasteiger partial charge on any atom is -0.311 e. The molecule has 0 unspecified atom stereocenters. The Morgan fingerprint density at radius 1 is 1.50 bits per heavy atom. The molecular formula is C8H17NS. The van der Waals surface area contributed by atoms with Crippen molar-refractivity contribution in [1.29, 1.82) is 0 Å². The molecule has 10 heavy (non-hydrogen) atoms. The molecule has 0 spiro atoms. The van der Waals surface area contributed by atoms with Gasteiger partial charge in [0.15, 0.2) is 0 Å². The Labute approximate surface area is 68.3 Å². The Hall–Kier alpha value is 0.0500. The number of nitrogens with one attached hydrogen (secondary N) is 1. The molecule has 60 valence electrons. The monoisotopic (exact) mass is 159 g/mol. The zero-order valence-electron chi connectivity index (χ0n) is 7.05. The summed E-state index contributed by atoms with van der Waals surface area (Å²) in [7, 11) is 1.97. The predicted octanol–water partition coefficient (Wildman–Crippen LogP) is 2.11. The van der Waals surface area contributed by atoms with Gasteiger partial charge in [0, 0.05) is 11.6 Å². The first-order valence-corrected chi connectivity index (χ1v) is 4.82. The standard InChI is InChI=1S/C8H17NS/c1-8(2)5-4-6-10-7-9-3/h4-5,8-9H,6-7H2,1-3H3/b5-4-. The van der Waals surface area contributed by atoms with Crippen LogP contribution in [0.2, 0.25) is 0 Å². The summed E-state index contributed by atoms with van der Waals surface area (Å²) in [5.74, 6) is 2.86. The molecule has 0 saturated carbocycles. The number of hydrogen-bond acceptors (Lipinski definition) is 2. The maximum atomic E-state index is 3.08. The van der Waals surface area contributed by atoms with Crippen LogP contribution < -0.4 is 5.32 Å². The number of allylic oxidation sites excluding steroid dienone is 1. The maximum absolute atomic E-state index is 3.08. The van der Waals surface area contributed by atoms with Gasteiger partial charge >= 0.3 is 0 Å². The summed E-state index contributed by atoms with van der Waals surface area (Å²) in [6, 6.07) is 0. The van der Waals surface area contributed by atoms with Gasteiger partial charge in [0.2, 0.25) is 0 Å². The SMILES string of the molecule is CNCSC/C=C\C(C)C. The van der Waals surface area contributed by atoms with Gasteiger partial charge in [0.1, 0.15) is 0 Å². The topological polar surface area (TPSA) is 12.0 Å². The van der Waals surface area contributed by atoms with Crippen molar-refractivity contribution in [2.45, 2.75) is 13.8 Å². The smallest absolute Gasteiger partial charge is 0.0418 e. The zero-order valence-corrected chi connectivity index (χ0v) is 7.87. The average Bonchev–Trinajstić information content (AvgIpc) is 1.87. The van der Waals surface area contributed by atoms with E-state index in [2.05, 4.69) is 31.3 Å². The van der Waals surface area contributed by atoms with E-state index in [1.54, 1.807) is 0 Å². The summed E-state index contributed by atoms with van der Waals surface area (Å²) in [4.78, 5) is 0. The molecule has 0 aliphatic carbocycles. The van der Waals surface area contributed by atoms with Gasteiger partial charge in [-0.3, -0.25) is 0 Å². The van der Waals surface area contributed by atoms with Gasteiger partial charge in [-0.05, 0) is 13.0 Å². The van der Waals surface area contributed by atoms with E-state index in [1.807, 2.05) is 18.8 Å². The second kappa shape index (κ2) is 7.16. The van der Waals surface area contributed by atoms with Gasteiger partial charge in [0.25, 0.3) is 0 Å². The lowest BCUT2D eigenvalue weighted by Gasteiger charge is -1.95. The normalized spacial score (nSPS) is 11.6. The molecule has 0 aromatic heterocycles. The fourth-order valence-corrected chi connectivity index (χ4v) is 1.13. The van der Waals surface area contributed by atoms with E-state index in [-0.39, 0.29) is 0 Å². The molecule has 0 radical (unpaired) electrons. The Bertz CT molecular complexity index is 89.3. The zero-order chi connectivity index (χ0) is 7.82. The lowest BCUT2D eigenvalue weighted by Crippen LogP contribution is -2.03. The molecule has 0 rings (SSSR count). The highest BCUT2D eigenvalue weighted by molar-refractivity contribution is 7.99. The van der Waals surface area contributed by atoms with Crippen LogP contribution in [0.4, 0.5) is 0 Å². The largest absolute Gasteiger partial charge is 0.311 e. The molecule has 0 saturated heterocycles. The van der Waals surface area contributed by atoms with E-state index in [9.17, 15) is 0 Å². The van der Waals surface area contributed by atoms with Crippen molar-refractivity contribution in [3.05, 3.63) is 12.2 Å². The highest BCUT2D eigenvalue weighted by Gasteiger charge is 1.83. The van der Waals surface area contributed by atoms with E-state index < -0.39 is 0 Å². The van der Waals surface area contributed by atoms with Crippen molar-refractivity contribution < 1.29 is 0 Å². The van der Waals surface area contributed by atoms with Crippen LogP contribution in [0.15, 0.2) is 12.2 Å². The van der Waals surface area contributed by atoms with Crippen molar-refractivity contribution >= 4 is 11.8 Å².